The van der Waals surface area contributed by atoms with E-state index in [1.165, 1.54) is 30.2 Å². The van der Waals surface area contributed by atoms with Crippen molar-refractivity contribution in [3.8, 4) is 6.07 Å². The van der Waals surface area contributed by atoms with E-state index in [1.807, 2.05) is 13.2 Å². The summed E-state index contributed by atoms with van der Waals surface area (Å²) in [6.07, 6.45) is 5.50. The lowest BCUT2D eigenvalue weighted by molar-refractivity contribution is 0.828. The summed E-state index contributed by atoms with van der Waals surface area (Å²) >= 11 is 1.45. The molecule has 1 saturated carbocycles. The fraction of sp³-hybridized carbons (Fsp3) is 0.462. The molecular weight excluding hydrogens is 258 g/mol. The second-order valence-electron chi connectivity index (χ2n) is 4.94. The van der Waals surface area contributed by atoms with Crippen LogP contribution in [0.5, 0.6) is 0 Å². The molecule has 3 rings (SSSR count). The number of nitrogen functional groups attached to an aromatic ring is 1. The van der Waals surface area contributed by atoms with Crippen LogP contribution in [-0.2, 0) is 6.42 Å². The molecule has 0 aliphatic heterocycles. The van der Waals surface area contributed by atoms with Gasteiger partial charge in [-0.2, -0.15) is 14.9 Å². The third-order valence-corrected chi connectivity index (χ3v) is 4.24. The lowest BCUT2D eigenvalue weighted by Gasteiger charge is -2.06. The minimum atomic E-state index is 0.391. The van der Waals surface area contributed by atoms with E-state index in [2.05, 4.69) is 16.2 Å². The zero-order valence-electron chi connectivity index (χ0n) is 11.0. The number of hydrogen-bond acceptors (Lipinski definition) is 5. The Hall–Kier alpha value is -1.74. The highest BCUT2D eigenvalue weighted by atomic mass is 32.2. The van der Waals surface area contributed by atoms with Crippen molar-refractivity contribution >= 4 is 23.2 Å². The smallest absolute Gasteiger partial charge is 0.162 e. The molecule has 2 aromatic rings. The van der Waals surface area contributed by atoms with E-state index in [4.69, 9.17) is 5.73 Å². The van der Waals surface area contributed by atoms with Gasteiger partial charge in [0.2, 0.25) is 0 Å². The topological polar surface area (TPSA) is 80.0 Å². The predicted octanol–water partition coefficient (Wildman–Crippen LogP) is 2.17. The first kappa shape index (κ1) is 12.3. The number of nitrogens with zero attached hydrogens (tertiary/aromatic N) is 4. The second-order valence-corrected chi connectivity index (χ2v) is 5.73. The molecule has 1 fully saturated rings. The fourth-order valence-electron chi connectivity index (χ4n) is 2.30. The molecule has 0 amide bonds. The van der Waals surface area contributed by atoms with Crippen LogP contribution in [0.3, 0.4) is 0 Å². The molecule has 98 valence electrons. The zero-order chi connectivity index (χ0) is 13.6. The number of thioether (sulfide) groups is 1. The van der Waals surface area contributed by atoms with E-state index in [-0.39, 0.29) is 0 Å². The van der Waals surface area contributed by atoms with Gasteiger partial charge in [0, 0.05) is 5.56 Å². The van der Waals surface area contributed by atoms with Crippen LogP contribution in [0.1, 0.15) is 29.7 Å². The van der Waals surface area contributed by atoms with Gasteiger partial charge in [-0.1, -0.05) is 0 Å². The van der Waals surface area contributed by atoms with Gasteiger partial charge in [-0.05, 0) is 38.4 Å². The standard InChI is InChI=1S/C13H15N5S/c1-7-9(5-8-3-4-8)12-16-13(19-2)10(6-14)11(15)18(12)17-7/h8H,3-5,15H2,1-2H3. The molecule has 0 bridgehead atoms. The monoisotopic (exact) mass is 273 g/mol. The van der Waals surface area contributed by atoms with Crippen molar-refractivity contribution in [3.63, 3.8) is 0 Å². The maximum Gasteiger partial charge on any atom is 0.162 e. The van der Waals surface area contributed by atoms with Crippen LogP contribution in [0.25, 0.3) is 5.65 Å². The quantitative estimate of drug-likeness (QED) is 0.684. The number of aromatic nitrogens is 3. The SMILES string of the molecule is CSc1nc2c(CC3CC3)c(C)nn2c(N)c1C#N. The van der Waals surface area contributed by atoms with Crippen LogP contribution >= 0.6 is 11.8 Å². The molecular formula is C13H15N5S. The average Bonchev–Trinajstić information content (AvgIpc) is 3.16. The van der Waals surface area contributed by atoms with Gasteiger partial charge in [0.25, 0.3) is 0 Å². The number of aryl methyl sites for hydroxylation is 1. The Labute approximate surface area is 115 Å². The molecule has 2 heterocycles. The van der Waals surface area contributed by atoms with Gasteiger partial charge in [-0.15, -0.1) is 11.8 Å². The Morgan fingerprint density at radius 1 is 1.53 bits per heavy atom. The molecule has 19 heavy (non-hydrogen) atoms. The van der Waals surface area contributed by atoms with Crippen LogP contribution in [0.15, 0.2) is 5.03 Å². The Morgan fingerprint density at radius 2 is 2.26 bits per heavy atom. The Balaban J connectivity index is 2.26. The maximum absolute atomic E-state index is 9.20. The van der Waals surface area contributed by atoms with Crippen molar-refractivity contribution in [2.75, 3.05) is 12.0 Å². The predicted molar refractivity (Wildman–Crippen MR) is 75.1 cm³/mol. The van der Waals surface area contributed by atoms with Gasteiger partial charge in [-0.25, -0.2) is 4.98 Å². The van der Waals surface area contributed by atoms with Crippen molar-refractivity contribution in [1.29, 1.82) is 5.26 Å². The van der Waals surface area contributed by atoms with Crippen LogP contribution in [0.4, 0.5) is 5.82 Å². The zero-order valence-corrected chi connectivity index (χ0v) is 11.8. The molecule has 0 unspecified atom stereocenters. The van der Waals surface area contributed by atoms with E-state index >= 15 is 0 Å². The highest BCUT2D eigenvalue weighted by Crippen LogP contribution is 2.35. The number of rotatable bonds is 3. The summed E-state index contributed by atoms with van der Waals surface area (Å²) in [7, 11) is 0. The molecule has 0 saturated heterocycles. The summed E-state index contributed by atoms with van der Waals surface area (Å²) in [6.45, 7) is 1.98. The number of anilines is 1. The first-order chi connectivity index (χ1) is 9.15. The summed E-state index contributed by atoms with van der Waals surface area (Å²) in [6, 6.07) is 2.12. The van der Waals surface area contributed by atoms with Gasteiger partial charge >= 0.3 is 0 Å². The van der Waals surface area contributed by atoms with E-state index in [0.717, 1.165) is 23.7 Å². The average molecular weight is 273 g/mol. The molecule has 0 aromatic carbocycles. The Kier molecular flexibility index (Phi) is 2.86. The Bertz CT molecular complexity index is 693. The number of nitrogens with two attached hydrogens (primary N) is 1. The summed E-state index contributed by atoms with van der Waals surface area (Å²) in [4.78, 5) is 4.59. The summed E-state index contributed by atoms with van der Waals surface area (Å²) in [5, 5.41) is 14.3. The van der Waals surface area contributed by atoms with Gasteiger partial charge < -0.3 is 5.73 Å². The van der Waals surface area contributed by atoms with E-state index in [1.54, 1.807) is 4.52 Å². The first-order valence-electron chi connectivity index (χ1n) is 6.27. The lowest BCUT2D eigenvalue weighted by Crippen LogP contribution is -2.06. The van der Waals surface area contributed by atoms with Crippen molar-refractivity contribution in [2.24, 2.45) is 5.92 Å². The summed E-state index contributed by atoms with van der Waals surface area (Å²) < 4.78 is 1.62. The first-order valence-corrected chi connectivity index (χ1v) is 7.50. The van der Waals surface area contributed by atoms with Crippen molar-refractivity contribution in [2.45, 2.75) is 31.2 Å². The summed E-state index contributed by atoms with van der Waals surface area (Å²) in [5.74, 6) is 1.16. The van der Waals surface area contributed by atoms with Crippen molar-refractivity contribution in [1.82, 2.24) is 14.6 Å². The molecule has 5 nitrogen and oxygen atoms in total. The molecule has 2 N–H and O–H groups in total. The van der Waals surface area contributed by atoms with E-state index in [9.17, 15) is 5.26 Å². The molecule has 0 atom stereocenters. The maximum atomic E-state index is 9.20. The van der Waals surface area contributed by atoms with E-state index in [0.29, 0.717) is 16.4 Å². The number of hydrogen-bond donors (Lipinski definition) is 1. The molecule has 1 aliphatic rings. The van der Waals surface area contributed by atoms with Crippen LogP contribution in [0.2, 0.25) is 0 Å². The van der Waals surface area contributed by atoms with Gasteiger partial charge in [0.05, 0.1) is 5.69 Å². The van der Waals surface area contributed by atoms with Gasteiger partial charge in [-0.3, -0.25) is 0 Å². The lowest BCUT2D eigenvalue weighted by atomic mass is 10.1. The highest BCUT2D eigenvalue weighted by Gasteiger charge is 2.26. The van der Waals surface area contributed by atoms with Crippen LogP contribution in [0, 0.1) is 24.2 Å². The summed E-state index contributed by atoms with van der Waals surface area (Å²) in [5.41, 5.74) is 9.43. The number of nitriles is 1. The molecule has 0 spiro atoms. The second kappa shape index (κ2) is 4.42. The van der Waals surface area contributed by atoms with Crippen LogP contribution in [-0.4, -0.2) is 20.9 Å². The molecule has 2 aromatic heterocycles. The minimum absolute atomic E-state index is 0.391. The minimum Gasteiger partial charge on any atom is -0.382 e. The van der Waals surface area contributed by atoms with Crippen molar-refractivity contribution in [3.05, 3.63) is 16.8 Å². The van der Waals surface area contributed by atoms with Gasteiger partial charge in [0.15, 0.2) is 5.65 Å². The third kappa shape index (κ3) is 1.94. The number of fused-ring (bicyclic) bond motifs is 1. The van der Waals surface area contributed by atoms with Gasteiger partial charge in [0.1, 0.15) is 22.5 Å². The molecule has 6 heteroatoms. The van der Waals surface area contributed by atoms with Crippen LogP contribution < -0.4 is 5.73 Å². The molecule has 0 radical (unpaired) electrons. The largest absolute Gasteiger partial charge is 0.382 e. The third-order valence-electron chi connectivity index (χ3n) is 3.56. The van der Waals surface area contributed by atoms with Crippen molar-refractivity contribution < 1.29 is 0 Å². The fourth-order valence-corrected chi connectivity index (χ4v) is 2.83. The molecule has 1 aliphatic carbocycles. The van der Waals surface area contributed by atoms with E-state index < -0.39 is 0 Å². The Morgan fingerprint density at radius 3 is 2.84 bits per heavy atom. The normalized spacial score (nSPS) is 14.8. The highest BCUT2D eigenvalue weighted by molar-refractivity contribution is 7.98.